The minimum Gasteiger partial charge on any atom is -0.206 e. The third kappa shape index (κ3) is 4.23. The number of hydrogen-bond acceptors (Lipinski definition) is 2. The van der Waals surface area contributed by atoms with Gasteiger partial charge in [-0.25, -0.2) is 8.78 Å². The average molecular weight is 384 g/mol. The van der Waals surface area contributed by atoms with Gasteiger partial charge in [-0.1, -0.05) is 38.5 Å². The van der Waals surface area contributed by atoms with E-state index in [-0.39, 0.29) is 11.5 Å². The van der Waals surface area contributed by atoms with Gasteiger partial charge in [-0.05, 0) is 78.7 Å². The van der Waals surface area contributed by atoms with Crippen LogP contribution in [0, 0.1) is 17.6 Å². The van der Waals surface area contributed by atoms with Gasteiger partial charge in [0, 0.05) is 11.1 Å². The van der Waals surface area contributed by atoms with Gasteiger partial charge in [-0.3, -0.25) is 0 Å². The van der Waals surface area contributed by atoms with E-state index in [1.54, 1.807) is 25.1 Å². The molecule has 0 amide bonds. The molecule has 1 nitrogen and oxygen atoms in total. The quantitative estimate of drug-likeness (QED) is 0.389. The predicted molar refractivity (Wildman–Crippen MR) is 112 cm³/mol. The summed E-state index contributed by atoms with van der Waals surface area (Å²) in [5.41, 5.74) is 3.11. The second kappa shape index (κ2) is 8.24. The molecule has 0 atom stereocenters. The Balaban J connectivity index is 1.99. The van der Waals surface area contributed by atoms with Crippen LogP contribution in [0.1, 0.15) is 56.6 Å². The van der Waals surface area contributed by atoms with Gasteiger partial charge in [0.15, 0.2) is 5.82 Å². The Hall–Kier alpha value is -2.16. The van der Waals surface area contributed by atoms with Gasteiger partial charge in [0.05, 0.1) is 5.16 Å². The molecule has 140 valence electrons. The Bertz CT molecular complexity index is 920. The van der Waals surface area contributed by atoms with Crippen molar-refractivity contribution in [1.82, 2.24) is 0 Å². The molecule has 1 aliphatic carbocycles. The highest BCUT2D eigenvalue weighted by Gasteiger charge is 2.21. The predicted octanol–water partition coefficient (Wildman–Crippen LogP) is 7.69. The van der Waals surface area contributed by atoms with E-state index in [9.17, 15) is 8.78 Å². The minimum atomic E-state index is -0.562. The number of hydrogen-bond donors (Lipinski definition) is 0. The molecule has 0 aliphatic heterocycles. The average Bonchev–Trinajstić information content (AvgIpc) is 2.63. The van der Waals surface area contributed by atoms with E-state index >= 15 is 0 Å². The molecule has 27 heavy (non-hydrogen) atoms. The second-order valence-corrected chi connectivity index (χ2v) is 7.72. The fraction of sp³-hybridized carbons (Fsp3) is 0.348. The fourth-order valence-corrected chi connectivity index (χ4v) is 3.94. The first kappa shape index (κ1) is 19.6. The van der Waals surface area contributed by atoms with E-state index in [1.165, 1.54) is 18.9 Å². The number of rotatable bonds is 4. The molecule has 0 saturated heterocycles. The van der Waals surface area contributed by atoms with E-state index in [4.69, 9.17) is 0 Å². The highest BCUT2D eigenvalue weighted by molar-refractivity contribution is 7.78. The molecule has 2 aromatic carbocycles. The zero-order valence-electron chi connectivity index (χ0n) is 15.7. The van der Waals surface area contributed by atoms with E-state index in [2.05, 4.69) is 35.9 Å². The highest BCUT2D eigenvalue weighted by Crippen LogP contribution is 2.38. The Labute approximate surface area is 164 Å². The Morgan fingerprint density at radius 2 is 1.81 bits per heavy atom. The number of allylic oxidation sites excluding steroid dienone is 1. The topological polar surface area (TPSA) is 12.4 Å². The molecule has 1 aliphatic rings. The monoisotopic (exact) mass is 383 g/mol. The molecular formula is C23H23F2NS. The van der Waals surface area contributed by atoms with Crippen molar-refractivity contribution in [2.75, 3.05) is 0 Å². The summed E-state index contributed by atoms with van der Waals surface area (Å²) in [4.78, 5) is 3.80. The van der Waals surface area contributed by atoms with Crippen LogP contribution in [0.15, 0.2) is 41.9 Å². The number of benzene rings is 2. The molecule has 2 aromatic rings. The first-order valence-electron chi connectivity index (χ1n) is 9.27. The number of nitrogens with zero attached hydrogens (tertiary/aromatic N) is 1. The second-order valence-electron chi connectivity index (χ2n) is 7.53. The molecule has 0 heterocycles. The molecule has 0 N–H and O–H groups in total. The zero-order valence-corrected chi connectivity index (χ0v) is 16.5. The van der Waals surface area contributed by atoms with Crippen molar-refractivity contribution >= 4 is 28.6 Å². The summed E-state index contributed by atoms with van der Waals surface area (Å²) in [5.74, 6) is 0.270. The lowest BCUT2D eigenvalue weighted by atomic mass is 9.79. The number of isothiocyanates is 1. The van der Waals surface area contributed by atoms with Crippen LogP contribution in [0.5, 0.6) is 0 Å². The van der Waals surface area contributed by atoms with Crippen LogP contribution in [0.25, 0.3) is 16.7 Å². The summed E-state index contributed by atoms with van der Waals surface area (Å²) in [5, 5.41) is 2.19. The normalized spacial score (nSPS) is 19.4. The van der Waals surface area contributed by atoms with Crippen LogP contribution in [-0.4, -0.2) is 5.16 Å². The van der Waals surface area contributed by atoms with Crippen LogP contribution in [0.4, 0.5) is 14.5 Å². The van der Waals surface area contributed by atoms with Crippen molar-refractivity contribution in [2.24, 2.45) is 10.9 Å². The van der Waals surface area contributed by atoms with E-state index in [1.807, 2.05) is 6.07 Å². The van der Waals surface area contributed by atoms with Crippen LogP contribution in [0.2, 0.25) is 0 Å². The van der Waals surface area contributed by atoms with Gasteiger partial charge in [-0.15, -0.1) is 0 Å². The van der Waals surface area contributed by atoms with Crippen LogP contribution in [-0.2, 0) is 0 Å². The van der Waals surface area contributed by atoms with Gasteiger partial charge < -0.3 is 0 Å². The molecule has 0 aromatic heterocycles. The molecule has 0 unspecified atom stereocenters. The molecule has 1 saturated carbocycles. The van der Waals surface area contributed by atoms with Crippen molar-refractivity contribution in [1.29, 1.82) is 0 Å². The smallest absolute Gasteiger partial charge is 0.150 e. The number of thiocarbonyl (C=S) groups is 1. The molecule has 0 bridgehead atoms. The Morgan fingerprint density at radius 3 is 2.41 bits per heavy atom. The number of aliphatic imine (C=N–C) groups is 1. The van der Waals surface area contributed by atoms with Gasteiger partial charge in [0.25, 0.3) is 0 Å². The maximum atomic E-state index is 14.9. The first-order valence-corrected chi connectivity index (χ1v) is 9.68. The summed E-state index contributed by atoms with van der Waals surface area (Å²) < 4.78 is 29.4. The lowest BCUT2D eigenvalue weighted by Gasteiger charge is -2.26. The van der Waals surface area contributed by atoms with Gasteiger partial charge in [-0.2, -0.15) is 4.99 Å². The lowest BCUT2D eigenvalue weighted by Crippen LogP contribution is -2.11. The van der Waals surface area contributed by atoms with Crippen LogP contribution < -0.4 is 0 Å². The summed E-state index contributed by atoms with van der Waals surface area (Å²) in [6.45, 7) is 7.89. The molecule has 1 fully saturated rings. The first-order chi connectivity index (χ1) is 12.9. The van der Waals surface area contributed by atoms with Crippen LogP contribution >= 0.6 is 12.2 Å². The third-order valence-electron chi connectivity index (χ3n) is 5.47. The molecule has 3 rings (SSSR count). The van der Waals surface area contributed by atoms with E-state index in [0.717, 1.165) is 24.3 Å². The van der Waals surface area contributed by atoms with Crippen molar-refractivity contribution < 1.29 is 8.78 Å². The van der Waals surface area contributed by atoms with Crippen molar-refractivity contribution in [3.63, 3.8) is 0 Å². The van der Waals surface area contributed by atoms with Gasteiger partial charge in [0.2, 0.25) is 0 Å². The summed E-state index contributed by atoms with van der Waals surface area (Å²) in [6.07, 6.45) is 4.56. The van der Waals surface area contributed by atoms with Crippen molar-refractivity contribution in [2.45, 2.75) is 45.4 Å². The number of halogens is 2. The fourth-order valence-electron chi connectivity index (χ4n) is 3.85. The van der Waals surface area contributed by atoms with Gasteiger partial charge in [0.1, 0.15) is 11.5 Å². The van der Waals surface area contributed by atoms with E-state index in [0.29, 0.717) is 28.2 Å². The molecule has 0 spiro atoms. The van der Waals surface area contributed by atoms with E-state index < -0.39 is 5.82 Å². The van der Waals surface area contributed by atoms with Crippen molar-refractivity contribution in [3.8, 4) is 11.1 Å². The van der Waals surface area contributed by atoms with Crippen molar-refractivity contribution in [3.05, 3.63) is 59.7 Å². The zero-order chi connectivity index (χ0) is 19.6. The summed E-state index contributed by atoms with van der Waals surface area (Å²) >= 11 is 4.60. The molecular weight excluding hydrogens is 360 g/mol. The standard InChI is InChI=1S/C23H23F2NS/c1-14(2)20-10-18(12-22(25)23(20)26-13-27)19-9-8-17(11-21(19)24)16-6-4-15(3)5-7-16/h8-12,15-16H,1,4-7H2,2-3H3. The lowest BCUT2D eigenvalue weighted by molar-refractivity contribution is 0.347. The summed E-state index contributed by atoms with van der Waals surface area (Å²) in [6, 6.07) is 8.33. The summed E-state index contributed by atoms with van der Waals surface area (Å²) in [7, 11) is 0. The third-order valence-corrected chi connectivity index (χ3v) is 5.56. The largest absolute Gasteiger partial charge is 0.206 e. The maximum Gasteiger partial charge on any atom is 0.150 e. The Morgan fingerprint density at radius 1 is 1.11 bits per heavy atom. The minimum absolute atomic E-state index is 0.0922. The SMILES string of the molecule is C=C(C)c1cc(-c2ccc(C3CCC(C)CC3)cc2F)cc(F)c1N=C=S. The molecule has 0 radical (unpaired) electrons. The van der Waals surface area contributed by atoms with Gasteiger partial charge >= 0.3 is 0 Å². The Kier molecular flexibility index (Phi) is 5.98. The maximum absolute atomic E-state index is 14.9. The van der Waals surface area contributed by atoms with Crippen LogP contribution in [0.3, 0.4) is 0 Å². The molecule has 4 heteroatoms. The highest BCUT2D eigenvalue weighted by atomic mass is 32.1.